The Bertz CT molecular complexity index is 689. The minimum absolute atomic E-state index is 0.223. The number of imidazole rings is 1. The fourth-order valence-electron chi connectivity index (χ4n) is 3.97. The van der Waals surface area contributed by atoms with Gasteiger partial charge in [0.05, 0.1) is 24.2 Å². The molecule has 3 saturated heterocycles. The second kappa shape index (κ2) is 5.30. The number of piperazine rings is 1. The number of H-pyrrole nitrogens is 1. The predicted molar refractivity (Wildman–Crippen MR) is 82.1 cm³/mol. The number of aliphatic hydroxyl groups is 1. The third-order valence-electron chi connectivity index (χ3n) is 4.94. The number of aromatic amines is 1. The number of aliphatic hydroxyl groups excluding tert-OH is 1. The number of hydrogen-bond acceptors (Lipinski definition) is 4. The Morgan fingerprint density at radius 1 is 1.36 bits per heavy atom. The Morgan fingerprint density at radius 3 is 2.86 bits per heavy atom. The van der Waals surface area contributed by atoms with Crippen molar-refractivity contribution in [3.05, 3.63) is 29.3 Å². The lowest BCUT2D eigenvalue weighted by Gasteiger charge is -2.56. The van der Waals surface area contributed by atoms with E-state index in [2.05, 4.69) is 19.8 Å². The van der Waals surface area contributed by atoms with Crippen molar-refractivity contribution >= 4 is 11.0 Å². The van der Waals surface area contributed by atoms with Crippen LogP contribution >= 0.6 is 0 Å². The topological polar surface area (TPSA) is 55.4 Å². The molecular formula is C16H21FN4O. The smallest absolute Gasteiger partial charge is 0.125 e. The van der Waals surface area contributed by atoms with Crippen LogP contribution in [0.15, 0.2) is 12.1 Å². The van der Waals surface area contributed by atoms with E-state index in [-0.39, 0.29) is 12.4 Å². The Morgan fingerprint density at radius 2 is 2.14 bits per heavy atom. The van der Waals surface area contributed by atoms with Gasteiger partial charge in [0, 0.05) is 31.7 Å². The van der Waals surface area contributed by atoms with Crippen LogP contribution in [0, 0.1) is 12.7 Å². The first-order valence-corrected chi connectivity index (χ1v) is 7.87. The molecule has 3 aliphatic rings. The minimum Gasteiger partial charge on any atom is -0.395 e. The first-order valence-electron chi connectivity index (χ1n) is 7.87. The fourth-order valence-corrected chi connectivity index (χ4v) is 3.97. The lowest BCUT2D eigenvalue weighted by atomic mass is 9.87. The molecule has 3 aliphatic heterocycles. The predicted octanol–water partition coefficient (Wildman–Crippen LogP) is 1.26. The molecule has 1 aromatic carbocycles. The highest BCUT2D eigenvalue weighted by Crippen LogP contribution is 2.32. The van der Waals surface area contributed by atoms with Gasteiger partial charge in [-0.15, -0.1) is 0 Å². The fraction of sp³-hybridized carbons (Fsp3) is 0.562. The SMILES string of the molecule is Cc1cc(F)cc2[nH]c(CN3CC4CC(C3)N4CCO)nc12. The van der Waals surface area contributed by atoms with Crippen LogP contribution in [0.2, 0.25) is 0 Å². The lowest BCUT2D eigenvalue weighted by Crippen LogP contribution is -2.68. The maximum atomic E-state index is 13.5. The van der Waals surface area contributed by atoms with Gasteiger partial charge >= 0.3 is 0 Å². The van der Waals surface area contributed by atoms with Gasteiger partial charge < -0.3 is 10.1 Å². The normalized spacial score (nSPS) is 25.6. The van der Waals surface area contributed by atoms with Crippen LogP contribution in [0.5, 0.6) is 0 Å². The Kier molecular flexibility index (Phi) is 3.40. The highest BCUT2D eigenvalue weighted by molar-refractivity contribution is 5.78. The van der Waals surface area contributed by atoms with Gasteiger partial charge in [-0.05, 0) is 31.0 Å². The average Bonchev–Trinajstić information content (AvgIpc) is 2.87. The van der Waals surface area contributed by atoms with E-state index in [9.17, 15) is 4.39 Å². The molecule has 6 heteroatoms. The van der Waals surface area contributed by atoms with E-state index in [1.54, 1.807) is 0 Å². The molecule has 2 bridgehead atoms. The molecule has 2 unspecified atom stereocenters. The van der Waals surface area contributed by atoms with E-state index in [4.69, 9.17) is 5.11 Å². The summed E-state index contributed by atoms with van der Waals surface area (Å²) in [5, 5.41) is 9.09. The first kappa shape index (κ1) is 14.1. The van der Waals surface area contributed by atoms with Crippen molar-refractivity contribution in [1.29, 1.82) is 0 Å². The van der Waals surface area contributed by atoms with Crippen molar-refractivity contribution in [2.24, 2.45) is 0 Å². The van der Waals surface area contributed by atoms with E-state index in [0.29, 0.717) is 12.1 Å². The third kappa shape index (κ3) is 2.31. The van der Waals surface area contributed by atoms with Crippen LogP contribution in [-0.4, -0.2) is 63.2 Å². The van der Waals surface area contributed by atoms with Crippen molar-refractivity contribution in [1.82, 2.24) is 19.8 Å². The number of nitrogens with one attached hydrogen (secondary N) is 1. The zero-order valence-corrected chi connectivity index (χ0v) is 12.7. The summed E-state index contributed by atoms with van der Waals surface area (Å²) in [5.41, 5.74) is 2.50. The van der Waals surface area contributed by atoms with Crippen molar-refractivity contribution in [3.63, 3.8) is 0 Å². The molecule has 0 saturated carbocycles. The Hall–Kier alpha value is -1.50. The van der Waals surface area contributed by atoms with Crippen molar-refractivity contribution in [3.8, 4) is 0 Å². The maximum absolute atomic E-state index is 13.5. The number of piperidine rings is 1. The van der Waals surface area contributed by atoms with E-state index in [1.165, 1.54) is 18.6 Å². The molecule has 4 heterocycles. The molecule has 2 N–H and O–H groups in total. The van der Waals surface area contributed by atoms with Crippen molar-refractivity contribution < 1.29 is 9.50 Å². The summed E-state index contributed by atoms with van der Waals surface area (Å²) >= 11 is 0. The molecule has 2 atom stereocenters. The zero-order valence-electron chi connectivity index (χ0n) is 12.7. The quantitative estimate of drug-likeness (QED) is 0.893. The van der Waals surface area contributed by atoms with Crippen LogP contribution in [0.3, 0.4) is 0 Å². The second-order valence-corrected chi connectivity index (χ2v) is 6.50. The number of nitrogens with zero attached hydrogens (tertiary/aromatic N) is 3. The van der Waals surface area contributed by atoms with Gasteiger partial charge in [0.25, 0.3) is 0 Å². The standard InChI is InChI=1S/C16H21FN4O/c1-10-4-11(17)5-14-16(10)19-15(18-14)9-20-7-12-6-13(8-20)21(12)2-3-22/h4-5,12-13,22H,2-3,6-9H2,1H3,(H,18,19). The summed E-state index contributed by atoms with van der Waals surface area (Å²) < 4.78 is 13.5. The van der Waals surface area contributed by atoms with Crippen LogP contribution in [0.1, 0.15) is 17.8 Å². The second-order valence-electron chi connectivity index (χ2n) is 6.50. The Balaban J connectivity index is 1.48. The highest BCUT2D eigenvalue weighted by Gasteiger charge is 2.43. The van der Waals surface area contributed by atoms with Crippen molar-refractivity contribution in [2.45, 2.75) is 32.0 Å². The van der Waals surface area contributed by atoms with Gasteiger partial charge in [0.2, 0.25) is 0 Å². The molecule has 118 valence electrons. The lowest BCUT2D eigenvalue weighted by molar-refractivity contribution is -0.0779. The highest BCUT2D eigenvalue weighted by atomic mass is 19.1. The van der Waals surface area contributed by atoms with Crippen LogP contribution in [0.4, 0.5) is 4.39 Å². The number of hydrogen-bond donors (Lipinski definition) is 2. The first-order chi connectivity index (χ1) is 10.6. The number of halogens is 1. The summed E-state index contributed by atoms with van der Waals surface area (Å²) in [6, 6.07) is 4.16. The van der Waals surface area contributed by atoms with Crippen LogP contribution in [-0.2, 0) is 6.54 Å². The number of rotatable bonds is 4. The average molecular weight is 304 g/mol. The summed E-state index contributed by atoms with van der Waals surface area (Å²) in [6.45, 7) is 5.71. The van der Waals surface area contributed by atoms with Crippen LogP contribution in [0.25, 0.3) is 11.0 Å². The van der Waals surface area contributed by atoms with Gasteiger partial charge in [-0.3, -0.25) is 9.80 Å². The maximum Gasteiger partial charge on any atom is 0.125 e. The molecule has 0 radical (unpaired) electrons. The van der Waals surface area contributed by atoms with Gasteiger partial charge in [-0.2, -0.15) is 0 Å². The van der Waals surface area contributed by atoms with E-state index in [0.717, 1.165) is 48.6 Å². The van der Waals surface area contributed by atoms with E-state index in [1.807, 2.05) is 6.92 Å². The molecule has 0 amide bonds. The zero-order chi connectivity index (χ0) is 15.3. The molecular weight excluding hydrogens is 283 g/mol. The molecule has 1 aromatic heterocycles. The van der Waals surface area contributed by atoms with Crippen LogP contribution < -0.4 is 0 Å². The van der Waals surface area contributed by atoms with Crippen molar-refractivity contribution in [2.75, 3.05) is 26.2 Å². The molecule has 5 nitrogen and oxygen atoms in total. The van der Waals surface area contributed by atoms with Gasteiger partial charge in [0.15, 0.2) is 0 Å². The molecule has 3 fully saturated rings. The molecule has 5 rings (SSSR count). The summed E-state index contributed by atoms with van der Waals surface area (Å²) in [4.78, 5) is 12.7. The van der Waals surface area contributed by atoms with E-state index < -0.39 is 0 Å². The largest absolute Gasteiger partial charge is 0.395 e. The molecule has 0 aliphatic carbocycles. The minimum atomic E-state index is -0.223. The molecule has 0 spiro atoms. The molecule has 22 heavy (non-hydrogen) atoms. The number of aryl methyl sites for hydroxylation is 1. The van der Waals surface area contributed by atoms with Gasteiger partial charge in [0.1, 0.15) is 11.6 Å². The monoisotopic (exact) mass is 304 g/mol. The number of aromatic nitrogens is 2. The number of benzene rings is 1. The summed E-state index contributed by atoms with van der Waals surface area (Å²) in [6.07, 6.45) is 1.24. The third-order valence-corrected chi connectivity index (χ3v) is 4.94. The summed E-state index contributed by atoms with van der Waals surface area (Å²) in [5.74, 6) is 0.678. The summed E-state index contributed by atoms with van der Waals surface area (Å²) in [7, 11) is 0. The Labute approximate surface area is 128 Å². The van der Waals surface area contributed by atoms with Gasteiger partial charge in [-0.1, -0.05) is 0 Å². The van der Waals surface area contributed by atoms with E-state index >= 15 is 0 Å². The van der Waals surface area contributed by atoms with Gasteiger partial charge in [-0.25, -0.2) is 9.37 Å². The number of fused-ring (bicyclic) bond motifs is 3. The molecule has 2 aromatic rings.